The van der Waals surface area contributed by atoms with Gasteiger partial charge in [0.15, 0.2) is 0 Å². The van der Waals surface area contributed by atoms with E-state index in [1.807, 2.05) is 6.08 Å². The smallest absolute Gasteiger partial charge is 0.307 e. The Labute approximate surface area is 133 Å². The fraction of sp³-hybridized carbons (Fsp3) is 0.412. The van der Waals surface area contributed by atoms with Crippen LogP contribution < -0.4 is 5.32 Å². The van der Waals surface area contributed by atoms with Crippen LogP contribution in [0, 0.1) is 35.5 Å². The number of carbonyl (C=O) groups is 2. The molecule has 0 heterocycles. The third-order valence-electron chi connectivity index (χ3n) is 5.37. The molecule has 2 N–H and O–H groups in total. The molecule has 1 amide bonds. The molecule has 2 bridgehead atoms. The molecule has 1 aromatic carbocycles. The van der Waals surface area contributed by atoms with Gasteiger partial charge >= 0.3 is 5.97 Å². The SMILES string of the molecule is O=C(Nc1ccccc1Cl)[C@@H]1[C@@H]2C=C[C@H]([C@H]3C[C@H]23)[C@@H]1C(=O)O. The van der Waals surface area contributed by atoms with Crippen LogP contribution in [0.2, 0.25) is 5.02 Å². The van der Waals surface area contributed by atoms with Gasteiger partial charge in [0.05, 0.1) is 22.5 Å². The zero-order valence-electron chi connectivity index (χ0n) is 11.8. The highest BCUT2D eigenvalue weighted by atomic mass is 35.5. The third kappa shape index (κ3) is 1.97. The van der Waals surface area contributed by atoms with Gasteiger partial charge in [-0.3, -0.25) is 9.59 Å². The van der Waals surface area contributed by atoms with E-state index in [0.717, 1.165) is 6.42 Å². The van der Waals surface area contributed by atoms with Crippen LogP contribution in [0.4, 0.5) is 5.69 Å². The lowest BCUT2D eigenvalue weighted by atomic mass is 9.62. The van der Waals surface area contributed by atoms with Crippen LogP contribution in [0.5, 0.6) is 0 Å². The molecular formula is C17H16ClNO3. The number of hydrogen-bond acceptors (Lipinski definition) is 2. The summed E-state index contributed by atoms with van der Waals surface area (Å²) in [6, 6.07) is 7.01. The van der Waals surface area contributed by atoms with Crippen molar-refractivity contribution in [3.63, 3.8) is 0 Å². The number of hydrogen-bond donors (Lipinski definition) is 2. The number of carboxylic acid groups (broad SMARTS) is 1. The third-order valence-corrected chi connectivity index (χ3v) is 5.70. The minimum Gasteiger partial charge on any atom is -0.481 e. The minimum absolute atomic E-state index is 0.00510. The van der Waals surface area contributed by atoms with Crippen molar-refractivity contribution in [2.45, 2.75) is 6.42 Å². The Kier molecular flexibility index (Phi) is 3.05. The summed E-state index contributed by atoms with van der Waals surface area (Å²) in [5, 5.41) is 12.9. The van der Waals surface area contributed by atoms with Crippen molar-refractivity contribution in [3.8, 4) is 0 Å². The molecular weight excluding hydrogens is 302 g/mol. The van der Waals surface area contributed by atoms with E-state index in [-0.39, 0.29) is 17.7 Å². The van der Waals surface area contributed by atoms with Crippen molar-refractivity contribution < 1.29 is 14.7 Å². The number of rotatable bonds is 3. The van der Waals surface area contributed by atoms with E-state index in [9.17, 15) is 14.7 Å². The van der Waals surface area contributed by atoms with Gasteiger partial charge in [-0.15, -0.1) is 0 Å². The number of carboxylic acids is 1. The van der Waals surface area contributed by atoms with E-state index in [1.54, 1.807) is 24.3 Å². The van der Waals surface area contributed by atoms with Crippen molar-refractivity contribution in [1.82, 2.24) is 0 Å². The second-order valence-electron chi connectivity index (χ2n) is 6.46. The lowest BCUT2D eigenvalue weighted by Crippen LogP contribution is -2.48. The molecule has 0 saturated heterocycles. The number of halogens is 1. The first-order valence-corrected chi connectivity index (χ1v) is 7.92. The second-order valence-corrected chi connectivity index (χ2v) is 6.87. The van der Waals surface area contributed by atoms with Gasteiger partial charge < -0.3 is 10.4 Å². The molecule has 22 heavy (non-hydrogen) atoms. The van der Waals surface area contributed by atoms with Crippen molar-refractivity contribution >= 4 is 29.2 Å². The van der Waals surface area contributed by atoms with Crippen LogP contribution >= 0.6 is 11.6 Å². The van der Waals surface area contributed by atoms with Gasteiger partial charge in [-0.05, 0) is 42.2 Å². The highest BCUT2D eigenvalue weighted by Gasteiger charge is 2.62. The van der Waals surface area contributed by atoms with E-state index >= 15 is 0 Å². The van der Waals surface area contributed by atoms with Crippen molar-refractivity contribution in [2.75, 3.05) is 5.32 Å². The molecule has 1 aromatic rings. The molecule has 114 valence electrons. The average Bonchev–Trinajstić information content (AvgIpc) is 3.30. The molecule has 0 aromatic heterocycles. The summed E-state index contributed by atoms with van der Waals surface area (Å²) in [6.45, 7) is 0. The molecule has 2 fully saturated rings. The average molecular weight is 318 g/mol. The number of amides is 1. The maximum Gasteiger partial charge on any atom is 0.307 e. The molecule has 2 saturated carbocycles. The summed E-state index contributed by atoms with van der Waals surface area (Å²) in [7, 11) is 0. The molecule has 0 spiro atoms. The van der Waals surface area contributed by atoms with Crippen LogP contribution in [0.3, 0.4) is 0 Å². The molecule has 0 aliphatic heterocycles. The first-order valence-electron chi connectivity index (χ1n) is 7.54. The normalized spacial score (nSPS) is 37.5. The second kappa shape index (κ2) is 4.85. The number of nitrogens with one attached hydrogen (secondary N) is 1. The van der Waals surface area contributed by atoms with Gasteiger partial charge in [-0.25, -0.2) is 0 Å². The predicted molar refractivity (Wildman–Crippen MR) is 82.4 cm³/mol. The number of para-hydroxylation sites is 1. The quantitative estimate of drug-likeness (QED) is 0.842. The van der Waals surface area contributed by atoms with E-state index < -0.39 is 17.8 Å². The van der Waals surface area contributed by atoms with E-state index in [0.29, 0.717) is 22.5 Å². The van der Waals surface area contributed by atoms with Gasteiger partial charge in [0, 0.05) is 0 Å². The number of carbonyl (C=O) groups excluding carboxylic acids is 1. The zero-order valence-corrected chi connectivity index (χ0v) is 12.5. The molecule has 0 radical (unpaired) electrons. The maximum atomic E-state index is 12.7. The number of benzene rings is 1. The Morgan fingerprint density at radius 1 is 1.09 bits per heavy atom. The van der Waals surface area contributed by atoms with Crippen LogP contribution in [0.15, 0.2) is 36.4 Å². The van der Waals surface area contributed by atoms with Crippen LogP contribution in [-0.4, -0.2) is 17.0 Å². The van der Waals surface area contributed by atoms with Crippen LogP contribution in [-0.2, 0) is 9.59 Å². The molecule has 4 aliphatic carbocycles. The van der Waals surface area contributed by atoms with Crippen molar-refractivity contribution in [1.29, 1.82) is 0 Å². The molecule has 6 atom stereocenters. The highest BCUT2D eigenvalue weighted by molar-refractivity contribution is 6.33. The predicted octanol–water partition coefficient (Wildman–Crippen LogP) is 3.05. The number of anilines is 1. The lowest BCUT2D eigenvalue weighted by Gasteiger charge is -2.41. The van der Waals surface area contributed by atoms with Crippen molar-refractivity contribution in [2.24, 2.45) is 35.5 Å². The van der Waals surface area contributed by atoms with Gasteiger partial charge in [0.25, 0.3) is 0 Å². The largest absolute Gasteiger partial charge is 0.481 e. The standard InChI is InChI=1S/C17H16ClNO3/c18-12-3-1-2-4-13(12)19-16(20)14-8-5-6-9(11-7-10(8)11)15(14)17(21)22/h1-6,8-11,14-15H,7H2,(H,19,20)(H,21,22)/t8-,9-,10-,11-,14-,15+/m1/s1. The number of allylic oxidation sites excluding steroid dienone is 2. The van der Waals surface area contributed by atoms with Gasteiger partial charge in [0.2, 0.25) is 5.91 Å². The summed E-state index contributed by atoms with van der Waals surface area (Å²) >= 11 is 6.08. The molecule has 0 unspecified atom stereocenters. The van der Waals surface area contributed by atoms with Gasteiger partial charge in [-0.2, -0.15) is 0 Å². The molecule has 4 nitrogen and oxygen atoms in total. The Balaban J connectivity index is 1.63. The maximum absolute atomic E-state index is 12.7. The monoisotopic (exact) mass is 317 g/mol. The van der Waals surface area contributed by atoms with Gasteiger partial charge in [-0.1, -0.05) is 35.9 Å². The summed E-state index contributed by atoms with van der Waals surface area (Å²) < 4.78 is 0. The van der Waals surface area contributed by atoms with Crippen LogP contribution in [0.25, 0.3) is 0 Å². The summed E-state index contributed by atoms with van der Waals surface area (Å²) in [6.07, 6.45) is 5.11. The van der Waals surface area contributed by atoms with E-state index in [1.165, 1.54) is 0 Å². The highest BCUT2D eigenvalue weighted by Crippen LogP contribution is 2.63. The summed E-state index contributed by atoms with van der Waals surface area (Å²) in [4.78, 5) is 24.4. The summed E-state index contributed by atoms with van der Waals surface area (Å²) in [5.41, 5.74) is 0.538. The fourth-order valence-corrected chi connectivity index (χ4v) is 4.53. The Hall–Kier alpha value is -1.81. The first-order chi connectivity index (χ1) is 10.6. The minimum atomic E-state index is -0.871. The lowest BCUT2D eigenvalue weighted by molar-refractivity contribution is -0.152. The number of aliphatic carboxylic acids is 1. The molecule has 5 rings (SSSR count). The Morgan fingerprint density at radius 2 is 1.73 bits per heavy atom. The summed E-state index contributed by atoms with van der Waals surface area (Å²) in [5.74, 6) is -1.26. The Bertz CT molecular complexity index is 686. The van der Waals surface area contributed by atoms with Gasteiger partial charge in [0.1, 0.15) is 0 Å². The zero-order chi connectivity index (χ0) is 15.4. The topological polar surface area (TPSA) is 66.4 Å². The van der Waals surface area contributed by atoms with E-state index in [4.69, 9.17) is 11.6 Å². The fourth-order valence-electron chi connectivity index (χ4n) is 4.35. The van der Waals surface area contributed by atoms with Crippen molar-refractivity contribution in [3.05, 3.63) is 41.4 Å². The molecule has 5 heteroatoms. The first kappa shape index (κ1) is 13.8. The molecule has 4 aliphatic rings. The Morgan fingerprint density at radius 3 is 2.36 bits per heavy atom. The van der Waals surface area contributed by atoms with E-state index in [2.05, 4.69) is 11.4 Å². The van der Waals surface area contributed by atoms with Crippen LogP contribution in [0.1, 0.15) is 6.42 Å². The number of fused-ring (bicyclic) bond motifs is 1.